The average Bonchev–Trinajstić information content (AvgIpc) is 2.79. The number of fused-ring (bicyclic) bond motifs is 1. The largest absolute Gasteiger partial charge is 0.217 e. The molecule has 0 aliphatic carbocycles. The van der Waals surface area contributed by atoms with E-state index in [-0.39, 0.29) is 0 Å². The zero-order valence-electron chi connectivity index (χ0n) is 10.1. The van der Waals surface area contributed by atoms with Crippen molar-refractivity contribution >= 4 is 16.7 Å². The van der Waals surface area contributed by atoms with Gasteiger partial charge in [0.2, 0.25) is 0 Å². The lowest BCUT2D eigenvalue weighted by Crippen LogP contribution is -1.95. The van der Waals surface area contributed by atoms with E-state index in [2.05, 4.69) is 16.9 Å². The number of hydrogen-bond acceptors (Lipinski definition) is 2. The van der Waals surface area contributed by atoms with Gasteiger partial charge in [-0.2, -0.15) is 0 Å². The molecule has 86 valence electrons. The zero-order valence-corrected chi connectivity index (χ0v) is 10.1. The Balaban J connectivity index is 2.43. The van der Waals surface area contributed by atoms with Crippen LogP contribution < -0.4 is 0 Å². The third-order valence-electron chi connectivity index (χ3n) is 2.60. The Labute approximate surface area is 101 Å². The minimum absolute atomic E-state index is 0.907. The number of rotatable bonds is 3. The molecule has 0 amide bonds. The fourth-order valence-electron chi connectivity index (χ4n) is 1.52. The molecule has 1 heterocycles. The summed E-state index contributed by atoms with van der Waals surface area (Å²) in [5.41, 5.74) is 4.07. The summed E-state index contributed by atoms with van der Waals surface area (Å²) in [6.45, 7) is 7.74. The van der Waals surface area contributed by atoms with E-state index in [0.29, 0.717) is 0 Å². The van der Waals surface area contributed by atoms with Crippen LogP contribution in [0.1, 0.15) is 13.8 Å². The van der Waals surface area contributed by atoms with E-state index in [4.69, 9.17) is 0 Å². The van der Waals surface area contributed by atoms with Gasteiger partial charge < -0.3 is 0 Å². The van der Waals surface area contributed by atoms with Crippen LogP contribution in [0.4, 0.5) is 0 Å². The van der Waals surface area contributed by atoms with Crippen LogP contribution in [0.5, 0.6) is 0 Å². The molecule has 0 N–H and O–H groups in total. The lowest BCUT2D eigenvalue weighted by molar-refractivity contribution is 0.835. The molecule has 0 fully saturated rings. The monoisotopic (exact) mass is 225 g/mol. The van der Waals surface area contributed by atoms with E-state index in [9.17, 15) is 0 Å². The van der Waals surface area contributed by atoms with E-state index in [1.54, 1.807) is 0 Å². The van der Waals surface area contributed by atoms with Crippen molar-refractivity contribution in [2.24, 2.45) is 0 Å². The molecule has 2 aromatic rings. The van der Waals surface area contributed by atoms with Gasteiger partial charge in [0.05, 0.1) is 5.52 Å². The first kappa shape index (κ1) is 11.3. The third-order valence-corrected chi connectivity index (χ3v) is 2.60. The van der Waals surface area contributed by atoms with Gasteiger partial charge in [-0.15, -0.1) is 5.10 Å². The second-order valence-electron chi connectivity index (χ2n) is 3.91. The second-order valence-corrected chi connectivity index (χ2v) is 3.91. The number of benzene rings is 1. The van der Waals surface area contributed by atoms with Gasteiger partial charge in [-0.3, -0.25) is 0 Å². The quantitative estimate of drug-likeness (QED) is 0.749. The molecule has 17 heavy (non-hydrogen) atoms. The Bertz CT molecular complexity index is 603. The summed E-state index contributed by atoms with van der Waals surface area (Å²) in [7, 11) is 0. The maximum Gasteiger partial charge on any atom is 0.113 e. The average molecular weight is 225 g/mol. The first-order chi connectivity index (χ1) is 8.22. The highest BCUT2D eigenvalue weighted by atomic mass is 15.4. The van der Waals surface area contributed by atoms with Gasteiger partial charge in [-0.1, -0.05) is 41.7 Å². The SMILES string of the molecule is C=C/C(C)=C/C=C(\C)n1nnc2ccccc21. The summed E-state index contributed by atoms with van der Waals surface area (Å²) in [4.78, 5) is 0. The van der Waals surface area contributed by atoms with Crippen molar-refractivity contribution < 1.29 is 0 Å². The Morgan fingerprint density at radius 3 is 2.76 bits per heavy atom. The highest BCUT2D eigenvalue weighted by Gasteiger charge is 2.03. The van der Waals surface area contributed by atoms with Gasteiger partial charge in [-0.25, -0.2) is 4.68 Å². The van der Waals surface area contributed by atoms with Crippen LogP contribution in [0.2, 0.25) is 0 Å². The molecule has 3 heteroatoms. The predicted octanol–water partition coefficient (Wildman–Crippen LogP) is 3.42. The molecule has 0 aliphatic rings. The van der Waals surface area contributed by atoms with Crippen LogP contribution in [0, 0.1) is 0 Å². The lowest BCUT2D eigenvalue weighted by atomic mass is 10.2. The Kier molecular flexibility index (Phi) is 3.19. The number of aromatic nitrogens is 3. The zero-order chi connectivity index (χ0) is 12.3. The molecule has 0 unspecified atom stereocenters. The molecule has 1 aromatic heterocycles. The standard InChI is InChI=1S/C14H15N3/c1-4-11(2)9-10-12(3)17-14-8-6-5-7-13(14)15-16-17/h4-10H,1H2,2-3H3/b11-9+,12-10+. The van der Waals surface area contributed by atoms with Crippen molar-refractivity contribution in [1.29, 1.82) is 0 Å². The topological polar surface area (TPSA) is 30.7 Å². The van der Waals surface area contributed by atoms with E-state index >= 15 is 0 Å². The Hall–Kier alpha value is -2.16. The molecular weight excluding hydrogens is 210 g/mol. The van der Waals surface area contributed by atoms with Gasteiger partial charge in [-0.05, 0) is 32.1 Å². The van der Waals surface area contributed by atoms with Crippen LogP contribution in [-0.2, 0) is 0 Å². The lowest BCUT2D eigenvalue weighted by Gasteiger charge is -2.00. The highest BCUT2D eigenvalue weighted by Crippen LogP contribution is 2.14. The summed E-state index contributed by atoms with van der Waals surface area (Å²) in [6, 6.07) is 7.91. The third kappa shape index (κ3) is 2.33. The molecule has 0 radical (unpaired) electrons. The van der Waals surface area contributed by atoms with Crippen LogP contribution in [-0.4, -0.2) is 15.0 Å². The summed E-state index contributed by atoms with van der Waals surface area (Å²) < 4.78 is 1.84. The second kappa shape index (κ2) is 4.78. The fourth-order valence-corrected chi connectivity index (χ4v) is 1.52. The predicted molar refractivity (Wildman–Crippen MR) is 71.4 cm³/mol. The van der Waals surface area contributed by atoms with Crippen LogP contribution in [0.25, 0.3) is 16.7 Å². The maximum atomic E-state index is 4.14. The number of hydrogen-bond donors (Lipinski definition) is 0. The first-order valence-corrected chi connectivity index (χ1v) is 5.51. The Morgan fingerprint density at radius 1 is 1.24 bits per heavy atom. The van der Waals surface area contributed by atoms with Crippen molar-refractivity contribution in [3.63, 3.8) is 0 Å². The molecule has 0 spiro atoms. The van der Waals surface area contributed by atoms with Gasteiger partial charge in [0.25, 0.3) is 0 Å². The molecule has 0 atom stereocenters. The normalized spacial score (nSPS) is 13.1. The fraction of sp³-hybridized carbons (Fsp3) is 0.143. The first-order valence-electron chi connectivity index (χ1n) is 5.51. The van der Waals surface area contributed by atoms with E-state index in [1.807, 2.05) is 61.0 Å². The van der Waals surface area contributed by atoms with Crippen LogP contribution in [0.15, 0.2) is 54.6 Å². The summed E-state index contributed by atoms with van der Waals surface area (Å²) in [6.07, 6.45) is 5.85. The number of para-hydroxylation sites is 1. The van der Waals surface area contributed by atoms with E-state index in [1.165, 1.54) is 0 Å². The molecule has 1 aromatic carbocycles. The van der Waals surface area contributed by atoms with Gasteiger partial charge >= 0.3 is 0 Å². The maximum absolute atomic E-state index is 4.14. The molecule has 0 saturated heterocycles. The molecule has 0 bridgehead atoms. The van der Waals surface area contributed by atoms with Crippen molar-refractivity contribution in [2.75, 3.05) is 0 Å². The van der Waals surface area contributed by atoms with Crippen molar-refractivity contribution in [3.8, 4) is 0 Å². The summed E-state index contributed by atoms with van der Waals surface area (Å²) in [5.74, 6) is 0. The molecule has 2 rings (SSSR count). The van der Waals surface area contributed by atoms with Crippen LogP contribution in [0.3, 0.4) is 0 Å². The van der Waals surface area contributed by atoms with Crippen molar-refractivity contribution in [1.82, 2.24) is 15.0 Å². The molecule has 0 aliphatic heterocycles. The van der Waals surface area contributed by atoms with Gasteiger partial charge in [0.1, 0.15) is 5.52 Å². The summed E-state index contributed by atoms with van der Waals surface area (Å²) >= 11 is 0. The summed E-state index contributed by atoms with van der Waals surface area (Å²) in [5, 5.41) is 8.26. The van der Waals surface area contributed by atoms with Crippen molar-refractivity contribution in [3.05, 3.63) is 54.6 Å². The molecular formula is C14H15N3. The Morgan fingerprint density at radius 2 is 2.00 bits per heavy atom. The number of allylic oxidation sites excluding steroid dienone is 5. The van der Waals surface area contributed by atoms with Gasteiger partial charge in [0, 0.05) is 5.70 Å². The minimum Gasteiger partial charge on any atom is -0.217 e. The van der Waals surface area contributed by atoms with E-state index < -0.39 is 0 Å². The smallest absolute Gasteiger partial charge is 0.113 e. The highest BCUT2D eigenvalue weighted by molar-refractivity contribution is 5.77. The number of nitrogens with zero attached hydrogens (tertiary/aromatic N) is 3. The minimum atomic E-state index is 0.907. The van der Waals surface area contributed by atoms with Crippen molar-refractivity contribution in [2.45, 2.75) is 13.8 Å². The van der Waals surface area contributed by atoms with Gasteiger partial charge in [0.15, 0.2) is 0 Å². The van der Waals surface area contributed by atoms with Crippen LogP contribution >= 0.6 is 0 Å². The van der Waals surface area contributed by atoms with E-state index in [0.717, 1.165) is 22.3 Å². The molecule has 0 saturated carbocycles. The molecule has 3 nitrogen and oxygen atoms in total.